The van der Waals surface area contributed by atoms with Crippen molar-refractivity contribution in [3.63, 3.8) is 0 Å². The van der Waals surface area contributed by atoms with Gasteiger partial charge in [-0.25, -0.2) is 4.79 Å². The van der Waals surface area contributed by atoms with Gasteiger partial charge < -0.3 is 19.5 Å². The molecule has 0 saturated carbocycles. The molecule has 0 spiro atoms. The number of fused-ring (bicyclic) bond motifs is 1. The number of hydrogen-bond donors (Lipinski definition) is 1. The van der Waals surface area contributed by atoms with Crippen molar-refractivity contribution in [1.29, 1.82) is 0 Å². The fourth-order valence-corrected chi connectivity index (χ4v) is 3.25. The third-order valence-electron chi connectivity index (χ3n) is 4.14. The van der Waals surface area contributed by atoms with E-state index in [1.165, 1.54) is 18.9 Å². The van der Waals surface area contributed by atoms with E-state index in [1.807, 2.05) is 6.92 Å². The van der Waals surface area contributed by atoms with Gasteiger partial charge in [-0.15, -0.1) is 0 Å². The van der Waals surface area contributed by atoms with E-state index in [0.717, 1.165) is 0 Å². The predicted octanol–water partition coefficient (Wildman–Crippen LogP) is 2.59. The average Bonchev–Trinajstić information content (AvgIpc) is 3.12. The maximum atomic E-state index is 12.8. The number of aromatic nitrogens is 4. The van der Waals surface area contributed by atoms with Gasteiger partial charge in [-0.3, -0.25) is 0 Å². The van der Waals surface area contributed by atoms with Gasteiger partial charge in [-0.2, -0.15) is 4.68 Å². The van der Waals surface area contributed by atoms with Gasteiger partial charge in [0.25, 0.3) is 0 Å². The molecule has 2 heterocycles. The number of allylic oxidation sites excluding steroid dienone is 1. The Bertz CT molecular complexity index is 895. The van der Waals surface area contributed by atoms with Crippen molar-refractivity contribution in [2.24, 2.45) is 0 Å². The lowest BCUT2D eigenvalue weighted by Gasteiger charge is -2.28. The van der Waals surface area contributed by atoms with Crippen molar-refractivity contribution < 1.29 is 19.0 Å². The Kier molecular flexibility index (Phi) is 5.50. The van der Waals surface area contributed by atoms with E-state index in [-0.39, 0.29) is 0 Å². The Morgan fingerprint density at radius 2 is 2.11 bits per heavy atom. The van der Waals surface area contributed by atoms with Crippen LogP contribution in [0.2, 0.25) is 5.02 Å². The Labute approximate surface area is 161 Å². The highest BCUT2D eigenvalue weighted by molar-refractivity contribution is 6.32. The number of benzene rings is 1. The van der Waals surface area contributed by atoms with Gasteiger partial charge in [0.15, 0.2) is 11.5 Å². The predicted molar refractivity (Wildman–Crippen MR) is 98.1 cm³/mol. The van der Waals surface area contributed by atoms with Gasteiger partial charge in [0.2, 0.25) is 5.95 Å². The molecule has 0 saturated heterocycles. The van der Waals surface area contributed by atoms with Crippen LogP contribution in [0.4, 0.5) is 5.95 Å². The van der Waals surface area contributed by atoms with Crippen LogP contribution in [-0.4, -0.2) is 47.0 Å². The molecule has 0 bridgehead atoms. The highest BCUT2D eigenvalue weighted by Gasteiger charge is 2.35. The third-order valence-corrected chi connectivity index (χ3v) is 4.42. The number of halogens is 1. The quantitative estimate of drug-likeness (QED) is 0.747. The molecule has 1 aromatic carbocycles. The molecule has 1 aliphatic heterocycles. The maximum absolute atomic E-state index is 12.8. The minimum Gasteiger partial charge on any atom is -0.493 e. The molecule has 0 fully saturated rings. The van der Waals surface area contributed by atoms with Crippen LogP contribution in [-0.2, 0) is 9.53 Å². The van der Waals surface area contributed by atoms with E-state index >= 15 is 0 Å². The smallest absolute Gasteiger partial charge is 0.338 e. The van der Waals surface area contributed by atoms with Crippen LogP contribution in [0, 0.1) is 0 Å². The lowest BCUT2D eigenvalue weighted by molar-refractivity contribution is -0.139. The van der Waals surface area contributed by atoms with E-state index in [9.17, 15) is 4.79 Å². The number of methoxy groups -OCH3 is 2. The standard InChI is InChI=1S/C17H20ClN5O4/c1-5-6-27-16(24)13-9(2)19-17-20-21-22-23(17)14(13)10-7-11(18)15(26-4)12(8-10)25-3/h7-8,14H,5-6H2,1-4H3,(H,19,20,22). The van der Waals surface area contributed by atoms with Crippen molar-refractivity contribution in [2.75, 3.05) is 26.1 Å². The van der Waals surface area contributed by atoms with E-state index in [0.29, 0.717) is 52.3 Å². The van der Waals surface area contributed by atoms with Gasteiger partial charge in [-0.1, -0.05) is 23.6 Å². The molecule has 1 atom stereocenters. The second-order valence-electron chi connectivity index (χ2n) is 5.89. The Morgan fingerprint density at radius 3 is 2.78 bits per heavy atom. The van der Waals surface area contributed by atoms with Crippen molar-refractivity contribution >= 4 is 23.5 Å². The molecule has 0 amide bonds. The van der Waals surface area contributed by atoms with Crippen molar-refractivity contribution in [2.45, 2.75) is 26.3 Å². The summed E-state index contributed by atoms with van der Waals surface area (Å²) in [6.07, 6.45) is 0.717. The van der Waals surface area contributed by atoms with E-state index in [2.05, 4.69) is 20.8 Å². The van der Waals surface area contributed by atoms with Gasteiger partial charge in [0.1, 0.15) is 6.04 Å². The Balaban J connectivity index is 2.15. The summed E-state index contributed by atoms with van der Waals surface area (Å²) in [6.45, 7) is 4.02. The Hall–Kier alpha value is -2.81. The first-order valence-electron chi connectivity index (χ1n) is 8.36. The number of hydrogen-bond acceptors (Lipinski definition) is 8. The summed E-state index contributed by atoms with van der Waals surface area (Å²) in [5, 5.41) is 15.1. The Morgan fingerprint density at radius 1 is 1.33 bits per heavy atom. The minimum absolute atomic E-state index is 0.317. The first-order chi connectivity index (χ1) is 13.0. The number of tetrazole rings is 1. The minimum atomic E-state index is -0.627. The van der Waals surface area contributed by atoms with E-state index in [4.69, 9.17) is 25.8 Å². The number of ether oxygens (including phenoxy) is 3. The number of nitrogens with zero attached hydrogens (tertiary/aromatic N) is 4. The second-order valence-corrected chi connectivity index (χ2v) is 6.29. The fraction of sp³-hybridized carbons (Fsp3) is 0.412. The van der Waals surface area contributed by atoms with Crippen LogP contribution in [0.1, 0.15) is 31.9 Å². The first kappa shape index (κ1) is 19.0. The summed E-state index contributed by atoms with van der Waals surface area (Å²) >= 11 is 6.37. The number of nitrogens with one attached hydrogen (secondary N) is 1. The molecule has 0 radical (unpaired) electrons. The molecule has 1 aliphatic rings. The summed E-state index contributed by atoms with van der Waals surface area (Å²) in [7, 11) is 3.02. The fourth-order valence-electron chi connectivity index (χ4n) is 2.95. The van der Waals surface area contributed by atoms with Crippen LogP contribution < -0.4 is 14.8 Å². The molecule has 27 heavy (non-hydrogen) atoms. The number of rotatable bonds is 6. The lowest BCUT2D eigenvalue weighted by atomic mass is 9.95. The van der Waals surface area contributed by atoms with Gasteiger partial charge in [0, 0.05) is 5.70 Å². The molecule has 9 nitrogen and oxygen atoms in total. The SMILES string of the molecule is CCCOC(=O)C1=C(C)Nc2nnnn2C1c1cc(Cl)c(OC)c(OC)c1. The van der Waals surface area contributed by atoms with E-state index in [1.54, 1.807) is 19.1 Å². The topological polar surface area (TPSA) is 100 Å². The molecule has 1 aromatic heterocycles. The van der Waals surface area contributed by atoms with Gasteiger partial charge >= 0.3 is 5.97 Å². The van der Waals surface area contributed by atoms with Crippen LogP contribution in [0.25, 0.3) is 0 Å². The lowest BCUT2D eigenvalue weighted by Crippen LogP contribution is -2.30. The van der Waals surface area contributed by atoms with Crippen LogP contribution in [0.15, 0.2) is 23.4 Å². The summed E-state index contributed by atoms with van der Waals surface area (Å²) in [5.41, 5.74) is 1.66. The summed E-state index contributed by atoms with van der Waals surface area (Å²) in [5.74, 6) is 0.811. The van der Waals surface area contributed by atoms with Crippen LogP contribution >= 0.6 is 11.6 Å². The van der Waals surface area contributed by atoms with Gasteiger partial charge in [-0.05, 0) is 41.5 Å². The molecule has 0 aliphatic carbocycles. The monoisotopic (exact) mass is 393 g/mol. The molecular weight excluding hydrogens is 374 g/mol. The highest BCUT2D eigenvalue weighted by Crippen LogP contribution is 2.42. The zero-order valence-electron chi connectivity index (χ0n) is 15.4. The number of carbonyl (C=O) groups excluding carboxylic acids is 1. The number of esters is 1. The number of carbonyl (C=O) groups is 1. The molecule has 10 heteroatoms. The summed E-state index contributed by atoms with van der Waals surface area (Å²) < 4.78 is 17.6. The molecule has 1 unspecified atom stereocenters. The second kappa shape index (κ2) is 7.83. The van der Waals surface area contributed by atoms with Crippen molar-refractivity contribution in [3.8, 4) is 11.5 Å². The van der Waals surface area contributed by atoms with Crippen molar-refractivity contribution in [3.05, 3.63) is 34.0 Å². The summed E-state index contributed by atoms with van der Waals surface area (Å²) in [6, 6.07) is 2.81. The van der Waals surface area contributed by atoms with Crippen LogP contribution in [0.3, 0.4) is 0 Å². The summed E-state index contributed by atoms with van der Waals surface area (Å²) in [4.78, 5) is 12.8. The first-order valence-corrected chi connectivity index (χ1v) is 8.73. The largest absolute Gasteiger partial charge is 0.493 e. The molecule has 144 valence electrons. The van der Waals surface area contributed by atoms with Crippen LogP contribution in [0.5, 0.6) is 11.5 Å². The molecular formula is C17H20ClN5O4. The molecule has 3 rings (SSSR count). The zero-order valence-corrected chi connectivity index (χ0v) is 16.2. The maximum Gasteiger partial charge on any atom is 0.338 e. The molecule has 2 aromatic rings. The van der Waals surface area contributed by atoms with E-state index < -0.39 is 12.0 Å². The normalized spacial score (nSPS) is 15.8. The third kappa shape index (κ3) is 3.42. The highest BCUT2D eigenvalue weighted by atomic mass is 35.5. The van der Waals surface area contributed by atoms with Crippen molar-refractivity contribution in [1.82, 2.24) is 20.2 Å². The number of anilines is 1. The average molecular weight is 394 g/mol. The zero-order chi connectivity index (χ0) is 19.6. The van der Waals surface area contributed by atoms with Gasteiger partial charge in [0.05, 0.1) is 31.4 Å². The molecule has 1 N–H and O–H groups in total.